The van der Waals surface area contributed by atoms with Gasteiger partial charge >= 0.3 is 7.60 Å². The summed E-state index contributed by atoms with van der Waals surface area (Å²) in [5, 5.41) is 8.13. The Morgan fingerprint density at radius 1 is 1.71 bits per heavy atom. The van der Waals surface area contributed by atoms with Crippen molar-refractivity contribution < 1.29 is 18.7 Å². The Balaban J connectivity index is 2.45. The van der Waals surface area contributed by atoms with Crippen LogP contribution in [0.15, 0.2) is 0 Å². The molecular weight excluding hydrogens is 119 g/mol. The summed E-state index contributed by atoms with van der Waals surface area (Å²) in [4.78, 5) is 0. The zero-order valence-corrected chi connectivity index (χ0v) is 4.43. The van der Waals surface area contributed by atoms with E-state index >= 15 is 0 Å². The second kappa shape index (κ2) is 1.56. The zero-order chi connectivity index (χ0) is 5.33. The van der Waals surface area contributed by atoms with Gasteiger partial charge in [0, 0.05) is 0 Å². The molecule has 0 spiro atoms. The fraction of sp³-hybridized carbons (Fsp3) is 1.00. The highest BCUT2D eigenvalue weighted by Crippen LogP contribution is 2.54. The van der Waals surface area contributed by atoms with Gasteiger partial charge in [-0.25, -0.2) is 0 Å². The molecule has 1 heterocycles. The van der Waals surface area contributed by atoms with Crippen LogP contribution >= 0.6 is 7.60 Å². The number of aliphatic hydroxyl groups is 1. The molecule has 1 aliphatic rings. The van der Waals surface area contributed by atoms with E-state index < -0.39 is 13.9 Å². The van der Waals surface area contributed by atoms with Crippen LogP contribution in [-0.4, -0.2) is 18.2 Å². The van der Waals surface area contributed by atoms with Crippen LogP contribution in [0.1, 0.15) is 0 Å². The highest BCUT2D eigenvalue weighted by Gasteiger charge is 2.32. The molecule has 1 fully saturated rings. The molecule has 7 heavy (non-hydrogen) atoms. The zero-order valence-electron chi connectivity index (χ0n) is 3.53. The topological polar surface area (TPSA) is 55.8 Å². The Hall–Kier alpha value is 0.110. The Labute approximate surface area is 40.6 Å². The second-order valence-corrected chi connectivity index (χ2v) is 3.15. The normalized spacial score (nSPS) is 26.4. The number of hydrogen-bond donors (Lipinski definition) is 1. The van der Waals surface area contributed by atoms with Crippen molar-refractivity contribution in [3.8, 4) is 0 Å². The molecule has 5 heteroatoms. The van der Waals surface area contributed by atoms with E-state index in [-0.39, 0.29) is 6.79 Å². The molecule has 0 amide bonds. The lowest BCUT2D eigenvalue weighted by Gasteiger charge is -2.23. The second-order valence-electron chi connectivity index (χ2n) is 1.13. The first-order valence-corrected chi connectivity index (χ1v) is 3.49. The number of aliphatic hydroxyl groups excluding tert-OH is 1. The van der Waals surface area contributed by atoms with Crippen LogP contribution in [0.4, 0.5) is 0 Å². The van der Waals surface area contributed by atoms with E-state index in [0.717, 1.165) is 0 Å². The largest absolute Gasteiger partial charge is 0.384 e. The monoisotopic (exact) mass is 124 g/mol. The standard InChI is InChI=1S/C2H5O4P/c3-1-7(4)5-2-6-7/h3H,1-2H2. The summed E-state index contributed by atoms with van der Waals surface area (Å²) in [6, 6.07) is 0. The molecule has 42 valence electrons. The highest BCUT2D eigenvalue weighted by atomic mass is 31.2. The first-order valence-electron chi connectivity index (χ1n) is 1.76. The van der Waals surface area contributed by atoms with Gasteiger partial charge in [0.1, 0.15) is 6.35 Å². The lowest BCUT2D eigenvalue weighted by atomic mass is 11.5. The minimum absolute atomic E-state index is 0.0534. The van der Waals surface area contributed by atoms with Gasteiger partial charge in [-0.15, -0.1) is 0 Å². The maximum Gasteiger partial charge on any atom is 0.360 e. The van der Waals surface area contributed by atoms with Crippen LogP contribution in [0.25, 0.3) is 0 Å². The molecule has 0 aromatic heterocycles. The van der Waals surface area contributed by atoms with Gasteiger partial charge in [-0.3, -0.25) is 13.6 Å². The van der Waals surface area contributed by atoms with E-state index in [9.17, 15) is 4.57 Å². The van der Waals surface area contributed by atoms with Crippen LogP contribution in [-0.2, 0) is 13.6 Å². The molecule has 4 nitrogen and oxygen atoms in total. The molecule has 0 saturated carbocycles. The SMILES string of the molecule is O=P1(CO)OCO1. The maximum absolute atomic E-state index is 10.3. The maximum atomic E-state index is 10.3. The molecule has 1 saturated heterocycles. The summed E-state index contributed by atoms with van der Waals surface area (Å²) in [6.45, 7) is 0.0534. The molecule has 0 aliphatic carbocycles. The quantitative estimate of drug-likeness (QED) is 0.505. The van der Waals surface area contributed by atoms with Gasteiger partial charge in [0.05, 0.1) is 0 Å². The van der Waals surface area contributed by atoms with E-state index in [1.54, 1.807) is 0 Å². The van der Waals surface area contributed by atoms with Crippen LogP contribution in [0.5, 0.6) is 0 Å². The van der Waals surface area contributed by atoms with E-state index in [4.69, 9.17) is 5.11 Å². The fourth-order valence-corrected chi connectivity index (χ4v) is 0.756. The Morgan fingerprint density at radius 3 is 2.29 bits per heavy atom. The first kappa shape index (κ1) is 5.25. The average molecular weight is 124 g/mol. The van der Waals surface area contributed by atoms with Crippen molar-refractivity contribution in [2.45, 2.75) is 0 Å². The minimum Gasteiger partial charge on any atom is -0.384 e. The van der Waals surface area contributed by atoms with Crippen molar-refractivity contribution >= 4 is 7.60 Å². The third-order valence-corrected chi connectivity index (χ3v) is 2.02. The van der Waals surface area contributed by atoms with Gasteiger partial charge in [0.25, 0.3) is 0 Å². The molecular formula is C2H5O4P. The first-order chi connectivity index (χ1) is 3.27. The predicted octanol–water partition coefficient (Wildman–Crippen LogP) is 0.134. The third kappa shape index (κ3) is 0.836. The molecule has 0 unspecified atom stereocenters. The Kier molecular flexibility index (Phi) is 1.17. The third-order valence-electron chi connectivity index (χ3n) is 0.672. The molecule has 0 bridgehead atoms. The lowest BCUT2D eigenvalue weighted by molar-refractivity contribution is -0.000417. The summed E-state index contributed by atoms with van der Waals surface area (Å²) >= 11 is 0. The Morgan fingerprint density at radius 2 is 2.29 bits per heavy atom. The van der Waals surface area contributed by atoms with Gasteiger partial charge in [-0.2, -0.15) is 0 Å². The summed E-state index contributed by atoms with van der Waals surface area (Å²) in [5.74, 6) is 0. The molecule has 0 atom stereocenters. The highest BCUT2D eigenvalue weighted by molar-refractivity contribution is 7.54. The Bertz CT molecular complexity index is 94.0. The minimum atomic E-state index is -2.92. The molecule has 0 aromatic carbocycles. The van der Waals surface area contributed by atoms with Crippen molar-refractivity contribution in [1.29, 1.82) is 0 Å². The van der Waals surface area contributed by atoms with Gasteiger partial charge in [-0.05, 0) is 0 Å². The molecule has 1 rings (SSSR count). The van der Waals surface area contributed by atoms with Gasteiger partial charge in [0.2, 0.25) is 0 Å². The van der Waals surface area contributed by atoms with Crippen LogP contribution < -0.4 is 0 Å². The fourth-order valence-electron chi connectivity index (χ4n) is 0.252. The van der Waals surface area contributed by atoms with Crippen molar-refractivity contribution in [3.05, 3.63) is 0 Å². The van der Waals surface area contributed by atoms with Crippen LogP contribution in [0.2, 0.25) is 0 Å². The average Bonchev–Trinajstić information content (AvgIpc) is 1.61. The van der Waals surface area contributed by atoms with Crippen molar-refractivity contribution in [3.63, 3.8) is 0 Å². The molecule has 0 aromatic rings. The number of hydrogen-bond acceptors (Lipinski definition) is 4. The summed E-state index contributed by atoms with van der Waals surface area (Å²) in [7, 11) is -2.92. The van der Waals surface area contributed by atoms with E-state index in [2.05, 4.69) is 9.05 Å². The van der Waals surface area contributed by atoms with E-state index in [1.807, 2.05) is 0 Å². The molecule has 1 aliphatic heterocycles. The summed E-state index contributed by atoms with van der Waals surface area (Å²) in [5.41, 5.74) is 0. The van der Waals surface area contributed by atoms with Gasteiger partial charge < -0.3 is 5.11 Å². The van der Waals surface area contributed by atoms with Crippen molar-refractivity contribution in [2.75, 3.05) is 13.1 Å². The van der Waals surface area contributed by atoms with Gasteiger partial charge in [0.15, 0.2) is 6.79 Å². The van der Waals surface area contributed by atoms with Crippen LogP contribution in [0.3, 0.4) is 0 Å². The van der Waals surface area contributed by atoms with E-state index in [1.165, 1.54) is 0 Å². The summed E-state index contributed by atoms with van der Waals surface area (Å²) < 4.78 is 19.0. The lowest BCUT2D eigenvalue weighted by Crippen LogP contribution is -2.12. The van der Waals surface area contributed by atoms with Gasteiger partial charge in [-0.1, -0.05) is 0 Å². The molecule has 1 N–H and O–H groups in total. The summed E-state index contributed by atoms with van der Waals surface area (Å²) in [6.07, 6.45) is -0.507. The smallest absolute Gasteiger partial charge is 0.360 e. The van der Waals surface area contributed by atoms with E-state index in [0.29, 0.717) is 0 Å². The van der Waals surface area contributed by atoms with Crippen molar-refractivity contribution in [1.82, 2.24) is 0 Å². The predicted molar refractivity (Wildman–Crippen MR) is 21.7 cm³/mol. The van der Waals surface area contributed by atoms with Crippen LogP contribution in [0, 0.1) is 0 Å². The number of rotatable bonds is 1. The van der Waals surface area contributed by atoms with Crippen molar-refractivity contribution in [2.24, 2.45) is 0 Å². The molecule has 0 radical (unpaired) electrons.